The van der Waals surface area contributed by atoms with Gasteiger partial charge in [0.2, 0.25) is 10.0 Å². The van der Waals surface area contributed by atoms with Crippen molar-refractivity contribution in [1.29, 1.82) is 0 Å². The lowest BCUT2D eigenvalue weighted by Gasteiger charge is -2.33. The van der Waals surface area contributed by atoms with Gasteiger partial charge in [-0.15, -0.1) is 0 Å². The number of hydrogen-bond acceptors (Lipinski definition) is 10. The summed E-state index contributed by atoms with van der Waals surface area (Å²) < 4.78 is 53.2. The Labute approximate surface area is 231 Å². The van der Waals surface area contributed by atoms with E-state index in [0.717, 1.165) is 18.4 Å². The Kier molecular flexibility index (Phi) is 9.49. The van der Waals surface area contributed by atoms with E-state index in [2.05, 4.69) is 9.26 Å². The molecule has 39 heavy (non-hydrogen) atoms. The van der Waals surface area contributed by atoms with Gasteiger partial charge in [-0.25, -0.2) is 8.42 Å². The number of aliphatic hydroxyl groups excluding tert-OH is 1. The Balaban J connectivity index is 1.59. The first-order valence-electron chi connectivity index (χ1n) is 12.7. The van der Waals surface area contributed by atoms with Crippen LogP contribution in [0, 0.1) is 0 Å². The van der Waals surface area contributed by atoms with Crippen molar-refractivity contribution < 1.29 is 31.4 Å². The monoisotopic (exact) mass is 579 g/mol. The van der Waals surface area contributed by atoms with E-state index >= 15 is 0 Å². The molecule has 1 amide bonds. The summed E-state index contributed by atoms with van der Waals surface area (Å²) in [5.41, 5.74) is 2.20. The van der Waals surface area contributed by atoms with E-state index in [1.807, 2.05) is 30.3 Å². The number of sulfonamides is 1. The third-order valence-corrected chi connectivity index (χ3v) is 8.85. The standard InChI is InChI=1S/C26H35N4O7S2/c1-28(23(19-8-5-4-6-9-19)17-29-15-13-20(31)16-29)25(32)18-37-24-12-11-22(27-38(33)36-2)21-10-7-14-30(26(21)24)39(3,34)35/h4-6,8-9,11-12,20,23,31H,7,10,13-18H2,1-3H3/q-1/t20-,23?/m0/s1. The largest absolute Gasteiger partial charge is 0.482 e. The molecule has 2 aliphatic heterocycles. The number of carbonyl (C=O) groups excluding carboxylic acids is 1. The summed E-state index contributed by atoms with van der Waals surface area (Å²) in [5.74, 6) is -0.0498. The molecular weight excluding hydrogens is 544 g/mol. The zero-order chi connectivity index (χ0) is 28.2. The fraction of sp³-hybridized carbons (Fsp3) is 0.500. The molecular formula is C26H35N4O7S2-. The number of anilines is 1. The van der Waals surface area contributed by atoms with Crippen LogP contribution in [-0.4, -0.2) is 88.5 Å². The molecule has 0 aromatic heterocycles. The van der Waals surface area contributed by atoms with Gasteiger partial charge in [-0.3, -0.25) is 14.0 Å². The lowest BCUT2D eigenvalue weighted by molar-refractivity contribution is -0.134. The van der Waals surface area contributed by atoms with E-state index in [1.54, 1.807) is 24.1 Å². The SMILES string of the molecule is CO[S-](=O)=Nc1ccc(OCC(=O)N(C)C(CN2CC[C@H](O)C2)c2ccccc2)c2c1CCCN2S(C)(=O)=O. The van der Waals surface area contributed by atoms with E-state index in [9.17, 15) is 22.5 Å². The van der Waals surface area contributed by atoms with Crippen molar-refractivity contribution in [3.63, 3.8) is 0 Å². The highest BCUT2D eigenvalue weighted by molar-refractivity contribution is 7.92. The summed E-state index contributed by atoms with van der Waals surface area (Å²) in [4.78, 5) is 17.2. The van der Waals surface area contributed by atoms with E-state index in [-0.39, 0.29) is 37.0 Å². The van der Waals surface area contributed by atoms with Crippen LogP contribution in [0.2, 0.25) is 0 Å². The van der Waals surface area contributed by atoms with Crippen molar-refractivity contribution >= 4 is 38.2 Å². The molecule has 4 rings (SSSR count). The van der Waals surface area contributed by atoms with Crippen LogP contribution < -0.4 is 9.04 Å². The number of rotatable bonds is 10. The number of likely N-dealkylation sites (N-methyl/N-ethyl adjacent to an activating group) is 1. The van der Waals surface area contributed by atoms with E-state index in [1.165, 1.54) is 11.4 Å². The molecule has 0 spiro atoms. The smallest absolute Gasteiger partial charge is 0.260 e. The first-order valence-corrected chi connectivity index (χ1v) is 15.6. The van der Waals surface area contributed by atoms with Gasteiger partial charge in [-0.05, 0) is 37.0 Å². The summed E-state index contributed by atoms with van der Waals surface area (Å²) in [6.45, 7) is 1.81. The average Bonchev–Trinajstić information content (AvgIpc) is 3.34. The molecule has 2 aliphatic rings. The van der Waals surface area contributed by atoms with E-state index < -0.39 is 20.9 Å². The van der Waals surface area contributed by atoms with Gasteiger partial charge in [-0.2, -0.15) is 0 Å². The highest BCUT2D eigenvalue weighted by Gasteiger charge is 2.31. The van der Waals surface area contributed by atoms with Gasteiger partial charge in [0.15, 0.2) is 6.61 Å². The molecule has 1 fully saturated rings. The zero-order valence-electron chi connectivity index (χ0n) is 22.4. The molecule has 2 heterocycles. The number of aliphatic hydroxyl groups is 1. The normalized spacial score (nSPS) is 19.5. The second-order valence-corrected chi connectivity index (χ2v) is 12.6. The van der Waals surface area contributed by atoms with Crippen molar-refractivity contribution in [2.24, 2.45) is 4.36 Å². The predicted octanol–water partition coefficient (Wildman–Crippen LogP) is 2.38. The Hall–Kier alpha value is -2.71. The number of fused-ring (bicyclic) bond motifs is 1. The fourth-order valence-corrected chi connectivity index (χ4v) is 6.45. The quantitative estimate of drug-likeness (QED) is 0.425. The van der Waals surface area contributed by atoms with Gasteiger partial charge in [0.25, 0.3) is 5.91 Å². The molecule has 0 bridgehead atoms. The van der Waals surface area contributed by atoms with Crippen LogP contribution in [0.3, 0.4) is 0 Å². The molecule has 13 heteroatoms. The minimum absolute atomic E-state index is 0.234. The van der Waals surface area contributed by atoms with Gasteiger partial charge in [-0.1, -0.05) is 41.2 Å². The van der Waals surface area contributed by atoms with Crippen LogP contribution in [0.25, 0.3) is 0 Å². The van der Waals surface area contributed by atoms with Crippen LogP contribution in [0.1, 0.15) is 30.0 Å². The molecule has 1 unspecified atom stereocenters. The molecule has 0 saturated carbocycles. The number of amides is 1. The Morgan fingerprint density at radius 3 is 2.62 bits per heavy atom. The minimum atomic E-state index is -3.65. The van der Waals surface area contributed by atoms with Crippen LogP contribution in [-0.2, 0) is 40.5 Å². The molecule has 11 nitrogen and oxygen atoms in total. The summed E-state index contributed by atoms with van der Waals surface area (Å²) in [6.07, 6.45) is 2.50. The minimum Gasteiger partial charge on any atom is -0.482 e. The molecule has 1 N–H and O–H groups in total. The van der Waals surface area contributed by atoms with Crippen LogP contribution in [0.4, 0.5) is 11.4 Å². The van der Waals surface area contributed by atoms with Crippen molar-refractivity contribution in [2.45, 2.75) is 31.4 Å². The molecule has 1 saturated heterocycles. The van der Waals surface area contributed by atoms with Crippen molar-refractivity contribution in [3.8, 4) is 5.75 Å². The van der Waals surface area contributed by atoms with Gasteiger partial charge in [0.05, 0.1) is 24.1 Å². The maximum atomic E-state index is 13.4. The highest BCUT2D eigenvalue weighted by atomic mass is 32.2. The number of likely N-dealkylation sites (tertiary alicyclic amines) is 1. The lowest BCUT2D eigenvalue weighted by Crippen LogP contribution is -2.41. The Morgan fingerprint density at radius 2 is 1.97 bits per heavy atom. The third kappa shape index (κ3) is 7.09. The topological polar surface area (TPSA) is 129 Å². The summed E-state index contributed by atoms with van der Waals surface area (Å²) in [5, 5.41) is 9.98. The van der Waals surface area contributed by atoms with Gasteiger partial charge in [0.1, 0.15) is 5.75 Å². The number of β-amino-alcohol motifs (C(OH)–C–C–N with tert-alkyl or cyclic N) is 1. The second-order valence-electron chi connectivity index (χ2n) is 9.75. The molecule has 2 aromatic carbocycles. The van der Waals surface area contributed by atoms with Crippen LogP contribution in [0.15, 0.2) is 46.8 Å². The summed E-state index contributed by atoms with van der Waals surface area (Å²) in [6, 6.07) is 12.6. The Morgan fingerprint density at radius 1 is 1.23 bits per heavy atom. The van der Waals surface area contributed by atoms with Gasteiger partial charge < -0.3 is 27.5 Å². The number of carbonyl (C=O) groups is 1. The van der Waals surface area contributed by atoms with Crippen LogP contribution >= 0.6 is 0 Å². The summed E-state index contributed by atoms with van der Waals surface area (Å²) >= 11 is 0. The first-order chi connectivity index (χ1) is 18.6. The van der Waals surface area contributed by atoms with E-state index in [0.29, 0.717) is 49.3 Å². The number of benzene rings is 2. The molecule has 214 valence electrons. The number of ether oxygens (including phenoxy) is 1. The zero-order valence-corrected chi connectivity index (χ0v) is 24.0. The molecule has 0 radical (unpaired) electrons. The van der Waals surface area contributed by atoms with Crippen molar-refractivity contribution in [3.05, 3.63) is 53.6 Å². The molecule has 2 aromatic rings. The first kappa shape index (κ1) is 29.3. The predicted molar refractivity (Wildman–Crippen MR) is 149 cm³/mol. The average molecular weight is 580 g/mol. The lowest BCUT2D eigenvalue weighted by atomic mass is 10.0. The number of hydrogen-bond donors (Lipinski definition) is 1. The van der Waals surface area contributed by atoms with Crippen LogP contribution in [0.5, 0.6) is 5.75 Å². The summed E-state index contributed by atoms with van der Waals surface area (Å²) in [7, 11) is -2.59. The molecule has 2 atom stereocenters. The maximum Gasteiger partial charge on any atom is 0.260 e. The molecule has 0 aliphatic carbocycles. The maximum absolute atomic E-state index is 13.4. The third-order valence-electron chi connectivity index (χ3n) is 7.05. The van der Waals surface area contributed by atoms with Crippen molar-refractivity contribution in [1.82, 2.24) is 9.80 Å². The van der Waals surface area contributed by atoms with Gasteiger partial charge >= 0.3 is 0 Å². The van der Waals surface area contributed by atoms with Gasteiger partial charge in [0, 0.05) is 51.6 Å². The Bertz CT molecular complexity index is 1360. The fourth-order valence-electron chi connectivity index (χ4n) is 5.05. The van der Waals surface area contributed by atoms with Crippen molar-refractivity contribution in [2.75, 3.05) is 57.5 Å². The number of nitrogens with zero attached hydrogens (tertiary/aromatic N) is 4. The second kappa shape index (κ2) is 12.6. The highest BCUT2D eigenvalue weighted by Crippen LogP contribution is 2.43. The van der Waals surface area contributed by atoms with E-state index in [4.69, 9.17) is 8.92 Å².